The van der Waals surface area contributed by atoms with Gasteiger partial charge in [-0.05, 0) is 41.7 Å². The number of aliphatic hydroxyl groups is 3. The van der Waals surface area contributed by atoms with Crippen molar-refractivity contribution in [2.24, 2.45) is 17.8 Å². The van der Waals surface area contributed by atoms with Gasteiger partial charge in [0.05, 0.1) is 25.4 Å². The first-order valence-corrected chi connectivity index (χ1v) is 11.4. The maximum absolute atomic E-state index is 12.5. The molecule has 34 heavy (non-hydrogen) atoms. The van der Waals surface area contributed by atoms with Gasteiger partial charge in [-0.3, -0.25) is 4.79 Å². The van der Waals surface area contributed by atoms with Crippen LogP contribution in [-0.2, 0) is 23.8 Å². The number of carbonyl (C=O) groups excluding carboxylic acids is 2. The molecule has 1 saturated carbocycles. The minimum atomic E-state index is -1.96. The molecule has 186 valence electrons. The molecule has 0 aromatic heterocycles. The fraction of sp³-hybridized carbons (Fsp3) is 0.520. The predicted molar refractivity (Wildman–Crippen MR) is 121 cm³/mol. The van der Waals surface area contributed by atoms with E-state index in [2.05, 4.69) is 0 Å². The van der Waals surface area contributed by atoms with Gasteiger partial charge in [0.15, 0.2) is 0 Å². The lowest BCUT2D eigenvalue weighted by Crippen LogP contribution is -2.54. The van der Waals surface area contributed by atoms with Crippen LogP contribution in [0.15, 0.2) is 42.2 Å². The minimum absolute atomic E-state index is 0.0932. The largest absolute Gasteiger partial charge is 0.508 e. The van der Waals surface area contributed by atoms with Crippen LogP contribution in [0.25, 0.3) is 6.08 Å². The van der Waals surface area contributed by atoms with Gasteiger partial charge in [-0.1, -0.05) is 32.4 Å². The van der Waals surface area contributed by atoms with Crippen LogP contribution in [0.3, 0.4) is 0 Å². The third-order valence-electron chi connectivity index (χ3n) is 6.62. The number of rotatable bonds is 9. The van der Waals surface area contributed by atoms with Gasteiger partial charge in [0, 0.05) is 18.4 Å². The fourth-order valence-electron chi connectivity index (χ4n) is 4.43. The van der Waals surface area contributed by atoms with E-state index in [0.29, 0.717) is 11.1 Å². The van der Waals surface area contributed by atoms with Crippen molar-refractivity contribution in [3.05, 3.63) is 47.7 Å². The first kappa shape index (κ1) is 25.7. The molecule has 1 aliphatic heterocycles. The van der Waals surface area contributed by atoms with Crippen molar-refractivity contribution in [1.82, 2.24) is 0 Å². The summed E-state index contributed by atoms with van der Waals surface area (Å²) >= 11 is 0. The highest BCUT2D eigenvalue weighted by Gasteiger charge is 2.62. The van der Waals surface area contributed by atoms with Crippen LogP contribution in [-0.4, -0.2) is 63.6 Å². The van der Waals surface area contributed by atoms with Crippen LogP contribution in [0.2, 0.25) is 0 Å². The zero-order chi connectivity index (χ0) is 24.9. The molecule has 1 aliphatic carbocycles. The topological polar surface area (TPSA) is 143 Å². The maximum atomic E-state index is 12.5. The Kier molecular flexibility index (Phi) is 8.35. The van der Waals surface area contributed by atoms with Gasteiger partial charge in [-0.2, -0.15) is 0 Å². The number of hydrogen-bond acceptors (Lipinski definition) is 9. The molecule has 9 nitrogen and oxygen atoms in total. The lowest BCUT2D eigenvalue weighted by Gasteiger charge is -2.39. The third kappa shape index (κ3) is 5.60. The maximum Gasteiger partial charge on any atom is 0.331 e. The van der Waals surface area contributed by atoms with Crippen LogP contribution >= 0.6 is 0 Å². The van der Waals surface area contributed by atoms with Crippen LogP contribution in [0.5, 0.6) is 5.75 Å². The highest BCUT2D eigenvalue weighted by atomic mass is 16.7. The zero-order valence-electron chi connectivity index (χ0n) is 19.3. The number of fused-ring (bicyclic) bond motifs is 1. The number of benzene rings is 1. The molecular formula is C25H32O9. The first-order chi connectivity index (χ1) is 16.2. The van der Waals surface area contributed by atoms with Crippen LogP contribution < -0.4 is 0 Å². The van der Waals surface area contributed by atoms with E-state index in [1.165, 1.54) is 30.5 Å². The number of ether oxygens (including phenoxy) is 3. The highest BCUT2D eigenvalue weighted by Crippen LogP contribution is 2.50. The second-order valence-electron chi connectivity index (χ2n) is 8.93. The van der Waals surface area contributed by atoms with E-state index in [1.807, 2.05) is 13.8 Å². The van der Waals surface area contributed by atoms with Gasteiger partial charge in [0.25, 0.3) is 0 Å². The molecule has 0 amide bonds. The predicted octanol–water partition coefficient (Wildman–Crippen LogP) is 1.89. The molecule has 6 atom stereocenters. The minimum Gasteiger partial charge on any atom is -0.508 e. The summed E-state index contributed by atoms with van der Waals surface area (Å²) in [5, 5.41) is 40.6. The van der Waals surface area contributed by atoms with E-state index in [-0.39, 0.29) is 31.1 Å². The van der Waals surface area contributed by atoms with Crippen molar-refractivity contribution >= 4 is 18.0 Å². The number of esters is 2. The second-order valence-corrected chi connectivity index (χ2v) is 8.93. The average Bonchev–Trinajstić information content (AvgIpc) is 3.11. The Morgan fingerprint density at radius 1 is 1.24 bits per heavy atom. The SMILES string of the molecule is CC[C@H](C)CC(=O)O[C@H]1OC=C(CO)[C@@H]2C[C@@H](OC(=O)/C=C/c3ccc(O)cc3)[C@@](O)(CO)[C@H]12. The highest BCUT2D eigenvalue weighted by molar-refractivity contribution is 5.87. The summed E-state index contributed by atoms with van der Waals surface area (Å²) in [6.07, 6.45) is 2.70. The van der Waals surface area contributed by atoms with Gasteiger partial charge in [-0.25, -0.2) is 4.79 Å². The summed E-state index contributed by atoms with van der Waals surface area (Å²) in [5.74, 6) is -2.53. The molecule has 4 N–H and O–H groups in total. The Labute approximate surface area is 198 Å². The van der Waals surface area contributed by atoms with Crippen LogP contribution in [0.1, 0.15) is 38.7 Å². The summed E-state index contributed by atoms with van der Waals surface area (Å²) in [4.78, 5) is 24.9. The Balaban J connectivity index is 1.77. The van der Waals surface area contributed by atoms with Crippen molar-refractivity contribution in [1.29, 1.82) is 0 Å². The van der Waals surface area contributed by atoms with Gasteiger partial charge in [-0.15, -0.1) is 0 Å². The summed E-state index contributed by atoms with van der Waals surface area (Å²) in [5.41, 5.74) is -0.855. The fourth-order valence-corrected chi connectivity index (χ4v) is 4.43. The van der Waals surface area contributed by atoms with Gasteiger partial charge in [0.1, 0.15) is 17.5 Å². The van der Waals surface area contributed by atoms with Gasteiger partial charge < -0.3 is 34.6 Å². The van der Waals surface area contributed by atoms with Crippen molar-refractivity contribution < 1.29 is 44.2 Å². The number of phenolic OH excluding ortho intramolecular Hbond substituents is 1. The molecule has 0 spiro atoms. The van der Waals surface area contributed by atoms with Crippen LogP contribution in [0, 0.1) is 17.8 Å². The normalized spacial score (nSPS) is 29.1. The third-order valence-corrected chi connectivity index (χ3v) is 6.62. The van der Waals surface area contributed by atoms with Crippen molar-refractivity contribution in [3.63, 3.8) is 0 Å². The van der Waals surface area contributed by atoms with E-state index in [4.69, 9.17) is 14.2 Å². The van der Waals surface area contributed by atoms with Crippen molar-refractivity contribution in [2.45, 2.75) is 51.1 Å². The molecule has 3 rings (SSSR count). The lowest BCUT2D eigenvalue weighted by atomic mass is 9.80. The second kappa shape index (κ2) is 11.0. The van der Waals surface area contributed by atoms with Gasteiger partial charge in [0.2, 0.25) is 6.29 Å². The monoisotopic (exact) mass is 476 g/mol. The Morgan fingerprint density at radius 3 is 2.56 bits per heavy atom. The molecule has 0 radical (unpaired) electrons. The first-order valence-electron chi connectivity index (χ1n) is 11.4. The van der Waals surface area contributed by atoms with E-state index in [9.17, 15) is 30.0 Å². The van der Waals surface area contributed by atoms with Crippen molar-refractivity contribution in [3.8, 4) is 5.75 Å². The molecule has 2 aliphatic rings. The molecule has 9 heteroatoms. The Morgan fingerprint density at radius 2 is 1.94 bits per heavy atom. The van der Waals surface area contributed by atoms with E-state index in [0.717, 1.165) is 6.42 Å². The number of aliphatic hydroxyl groups excluding tert-OH is 2. The number of aromatic hydroxyl groups is 1. The number of hydrogen-bond donors (Lipinski definition) is 4. The number of phenols is 1. The van der Waals surface area contributed by atoms with E-state index in [1.54, 1.807) is 12.1 Å². The molecular weight excluding hydrogens is 444 g/mol. The molecule has 0 unspecified atom stereocenters. The summed E-state index contributed by atoms with van der Waals surface area (Å²) in [7, 11) is 0. The molecule has 1 fully saturated rings. The van der Waals surface area contributed by atoms with Gasteiger partial charge >= 0.3 is 11.9 Å². The lowest BCUT2D eigenvalue weighted by molar-refractivity contribution is -0.221. The van der Waals surface area contributed by atoms with E-state index < -0.39 is 48.4 Å². The average molecular weight is 477 g/mol. The summed E-state index contributed by atoms with van der Waals surface area (Å²) < 4.78 is 16.5. The molecule has 0 bridgehead atoms. The molecule has 1 heterocycles. The number of carbonyl (C=O) groups is 2. The smallest absolute Gasteiger partial charge is 0.331 e. The molecule has 1 aromatic rings. The quantitative estimate of drug-likeness (QED) is 0.310. The summed E-state index contributed by atoms with van der Waals surface area (Å²) in [6.45, 7) is 2.74. The Hall–Kier alpha value is -2.88. The van der Waals surface area contributed by atoms with Crippen molar-refractivity contribution in [2.75, 3.05) is 13.2 Å². The molecule has 1 aromatic carbocycles. The van der Waals surface area contributed by atoms with E-state index >= 15 is 0 Å². The summed E-state index contributed by atoms with van der Waals surface area (Å²) in [6, 6.07) is 6.17. The Bertz CT molecular complexity index is 923. The zero-order valence-corrected chi connectivity index (χ0v) is 19.3. The standard InChI is InChI=1S/C25H32O9/c1-3-15(2)10-22(30)34-24-23-19(17(12-26)13-32-24)11-20(25(23,31)14-27)33-21(29)9-6-16-4-7-18(28)8-5-16/h4-9,13,15,19-20,23-24,26-28,31H,3,10-12,14H2,1-2H3/b9-6+/t15-,19-,20+,23-,24+,25-/m0/s1. The molecule has 0 saturated heterocycles. The van der Waals surface area contributed by atoms with Crippen LogP contribution in [0.4, 0.5) is 0 Å².